The Morgan fingerprint density at radius 2 is 1.47 bits per heavy atom. The maximum absolute atomic E-state index is 17.2. The molecule has 2 aromatic carbocycles. The number of nitrogens with zero attached hydrogens (tertiary/aromatic N) is 6. The Kier molecular flexibility index (Phi) is 14.1. The van der Waals surface area contributed by atoms with Crippen molar-refractivity contribution in [1.82, 2.24) is 25.3 Å². The van der Waals surface area contributed by atoms with Crippen LogP contribution in [0.2, 0.25) is 23.4 Å². The van der Waals surface area contributed by atoms with Gasteiger partial charge in [0.05, 0.1) is 37.3 Å². The van der Waals surface area contributed by atoms with Crippen LogP contribution < -0.4 is 24.6 Å². The lowest BCUT2D eigenvalue weighted by atomic mass is 10.0. The molecule has 5 aromatic rings. The van der Waals surface area contributed by atoms with Crippen LogP contribution in [-0.4, -0.2) is 79.4 Å². The van der Waals surface area contributed by atoms with Crippen molar-refractivity contribution >= 4 is 48.6 Å². The molecule has 1 saturated heterocycles. The quantitative estimate of drug-likeness (QED) is 0.0730. The van der Waals surface area contributed by atoms with E-state index in [1.807, 2.05) is 24.3 Å². The first kappa shape index (κ1) is 48.2. The molecule has 344 valence electrons. The summed E-state index contributed by atoms with van der Waals surface area (Å²) in [6, 6.07) is 15.4. The van der Waals surface area contributed by atoms with Crippen LogP contribution >= 0.6 is 11.6 Å². The average Bonchev–Trinajstić information content (AvgIpc) is 3.19. The van der Waals surface area contributed by atoms with Crippen molar-refractivity contribution in [3.63, 3.8) is 0 Å². The summed E-state index contributed by atoms with van der Waals surface area (Å²) in [5.74, 6) is 0.436. The summed E-state index contributed by atoms with van der Waals surface area (Å²) in [5.41, 5.74) is -2.17. The summed E-state index contributed by atoms with van der Waals surface area (Å²) in [4.78, 5) is 34.3. The maximum Gasteiger partial charge on any atom is 0.418 e. The fourth-order valence-electron chi connectivity index (χ4n) is 7.37. The molecule has 0 spiro atoms. The van der Waals surface area contributed by atoms with Gasteiger partial charge in [0.2, 0.25) is 5.28 Å². The second-order valence-electron chi connectivity index (χ2n) is 18.6. The van der Waals surface area contributed by atoms with Gasteiger partial charge in [0.25, 0.3) is 0 Å². The Balaban J connectivity index is 1.46. The number of hydrogen-bond donors (Lipinski definition) is 1. The molecule has 18 heteroatoms. The molecule has 1 unspecified atom stereocenters. The number of aryl methyl sites for hydroxylation is 1. The summed E-state index contributed by atoms with van der Waals surface area (Å²) in [6.07, 6.45) is -4.28. The molecule has 0 aliphatic carbocycles. The first-order valence-electron chi connectivity index (χ1n) is 20.9. The molecule has 0 radical (unpaired) electrons. The van der Waals surface area contributed by atoms with Gasteiger partial charge in [-0.05, 0) is 111 Å². The van der Waals surface area contributed by atoms with Gasteiger partial charge >= 0.3 is 12.3 Å². The summed E-state index contributed by atoms with van der Waals surface area (Å²) in [5, 5.41) is 2.56. The molecule has 0 bridgehead atoms. The molecule has 1 amide bonds. The molecule has 1 aliphatic rings. The zero-order valence-electron chi connectivity index (χ0n) is 38.1. The number of nitrogens with one attached hydrogen (secondary N) is 1. The summed E-state index contributed by atoms with van der Waals surface area (Å²) < 4.78 is 85.6. The van der Waals surface area contributed by atoms with E-state index in [9.17, 15) is 4.79 Å². The lowest BCUT2D eigenvalue weighted by Crippen LogP contribution is -2.57. The van der Waals surface area contributed by atoms with Gasteiger partial charge in [-0.2, -0.15) is 18.2 Å². The number of ether oxygens (including phenoxy) is 3. The van der Waals surface area contributed by atoms with Gasteiger partial charge < -0.3 is 33.8 Å². The van der Waals surface area contributed by atoms with E-state index in [1.54, 1.807) is 69.1 Å². The predicted octanol–water partition coefficient (Wildman–Crippen LogP) is 10.9. The molecule has 1 N–H and O–H groups in total. The molecule has 1 aliphatic heterocycles. The average molecular weight is 927 g/mol. The monoisotopic (exact) mass is 925 g/mol. The number of benzene rings is 2. The number of halogens is 5. The highest BCUT2D eigenvalue weighted by Gasteiger charge is 2.43. The Hall–Kier alpha value is -5.26. The van der Waals surface area contributed by atoms with E-state index in [0.29, 0.717) is 17.9 Å². The number of alkyl halides is 3. The predicted molar refractivity (Wildman–Crippen MR) is 243 cm³/mol. The SMILES string of the molecule is COc1ccc(CN(Cc2ccc(OC)cc2)c2cc(C)c(C(F)(F)F)c(-c3ncc4c(N5CC(O[Si](C)(C)C(C)(C)C)C[C@H](NC(=O)OC(C)(C)C)C5)nc(Cl)nc4c3F)n2)cc1. The number of anilines is 2. The summed E-state index contributed by atoms with van der Waals surface area (Å²) in [7, 11) is 0.755. The van der Waals surface area contributed by atoms with Gasteiger partial charge in [-0.3, -0.25) is 4.98 Å². The molecular formula is C46H56ClF4N7O5Si. The van der Waals surface area contributed by atoms with E-state index < -0.39 is 61.1 Å². The van der Waals surface area contributed by atoms with Crippen LogP contribution in [0.25, 0.3) is 22.3 Å². The third kappa shape index (κ3) is 11.3. The number of methoxy groups -OCH3 is 2. The smallest absolute Gasteiger partial charge is 0.418 e. The molecule has 2 atom stereocenters. The van der Waals surface area contributed by atoms with Gasteiger partial charge in [-0.1, -0.05) is 45.0 Å². The van der Waals surface area contributed by atoms with Crippen LogP contribution in [0.15, 0.2) is 60.8 Å². The molecule has 0 saturated carbocycles. The molecule has 12 nitrogen and oxygen atoms in total. The van der Waals surface area contributed by atoms with Crippen LogP contribution in [-0.2, 0) is 28.4 Å². The summed E-state index contributed by atoms with van der Waals surface area (Å²) in [6.45, 7) is 18.1. The van der Waals surface area contributed by atoms with E-state index in [2.05, 4.69) is 59.1 Å². The van der Waals surface area contributed by atoms with Gasteiger partial charge in [-0.25, -0.2) is 19.2 Å². The normalized spacial score (nSPS) is 16.2. The highest BCUT2D eigenvalue weighted by molar-refractivity contribution is 6.74. The lowest BCUT2D eigenvalue weighted by Gasteiger charge is -2.44. The first-order chi connectivity index (χ1) is 29.8. The Morgan fingerprint density at radius 3 is 1.98 bits per heavy atom. The van der Waals surface area contributed by atoms with Crippen LogP contribution in [0.1, 0.15) is 70.2 Å². The standard InChI is InChI=1S/C46H56ClF4N7O5Si/c1-27-20-35(57(23-28-12-16-31(60-8)17-13-28)24-29-14-18-32(61-9)19-15-29)54-39(36(27)46(49,50)51)40-37(48)38-34(22-52-40)41(56-42(47)55-38)58-25-30(53-43(59)62-44(2,3)4)21-33(26-58)63-64(10,11)45(5,6)7/h12-20,22,30,33H,21,23-26H2,1-11H3,(H,53,59)/t30-,33?/m0/s1. The third-order valence-corrected chi connectivity index (χ3v) is 16.1. The van der Waals surface area contributed by atoms with E-state index >= 15 is 17.6 Å². The number of piperidine rings is 1. The van der Waals surface area contributed by atoms with Crippen molar-refractivity contribution < 1.29 is 41.0 Å². The number of carbonyl (C=O) groups is 1. The van der Waals surface area contributed by atoms with E-state index in [-0.39, 0.29) is 64.6 Å². The van der Waals surface area contributed by atoms with Crippen LogP contribution in [0.4, 0.5) is 34.0 Å². The fraction of sp³-hybridized carbons (Fsp3) is 0.457. The lowest BCUT2D eigenvalue weighted by molar-refractivity contribution is -0.137. The minimum Gasteiger partial charge on any atom is -0.497 e. The van der Waals surface area contributed by atoms with Crippen LogP contribution in [0, 0.1) is 12.7 Å². The van der Waals surface area contributed by atoms with Crippen molar-refractivity contribution in [2.75, 3.05) is 37.1 Å². The molecule has 4 heterocycles. The highest BCUT2D eigenvalue weighted by atomic mass is 35.5. The van der Waals surface area contributed by atoms with Crippen molar-refractivity contribution in [3.05, 3.63) is 94.1 Å². The highest BCUT2D eigenvalue weighted by Crippen LogP contribution is 2.43. The fourth-order valence-corrected chi connectivity index (χ4v) is 8.89. The molecule has 6 rings (SSSR count). The minimum absolute atomic E-state index is 0.0942. The van der Waals surface area contributed by atoms with Crippen molar-refractivity contribution in [2.24, 2.45) is 0 Å². The van der Waals surface area contributed by atoms with Crippen molar-refractivity contribution in [1.29, 1.82) is 0 Å². The number of alkyl carbamates (subject to hydrolysis) is 1. The van der Waals surface area contributed by atoms with E-state index in [1.165, 1.54) is 19.2 Å². The van der Waals surface area contributed by atoms with Gasteiger partial charge in [0, 0.05) is 32.4 Å². The minimum atomic E-state index is -4.94. The topological polar surface area (TPSA) is 124 Å². The number of aromatic nitrogens is 4. The molecular weight excluding hydrogens is 870 g/mol. The molecule has 64 heavy (non-hydrogen) atoms. The number of fused-ring (bicyclic) bond motifs is 1. The second kappa shape index (κ2) is 18.7. The first-order valence-corrected chi connectivity index (χ1v) is 24.2. The van der Waals surface area contributed by atoms with Crippen molar-refractivity contribution in [3.8, 4) is 22.9 Å². The van der Waals surface area contributed by atoms with Gasteiger partial charge in [0.15, 0.2) is 14.1 Å². The van der Waals surface area contributed by atoms with Crippen molar-refractivity contribution in [2.45, 2.75) is 110 Å². The Morgan fingerprint density at radius 1 is 0.891 bits per heavy atom. The van der Waals surface area contributed by atoms with Crippen LogP contribution in [0.3, 0.4) is 0 Å². The van der Waals surface area contributed by atoms with E-state index in [0.717, 1.165) is 11.1 Å². The number of pyridine rings is 2. The van der Waals surface area contributed by atoms with Gasteiger partial charge in [-0.15, -0.1) is 0 Å². The zero-order valence-corrected chi connectivity index (χ0v) is 39.8. The van der Waals surface area contributed by atoms with E-state index in [4.69, 9.17) is 30.2 Å². The van der Waals surface area contributed by atoms with Crippen LogP contribution in [0.5, 0.6) is 11.5 Å². The number of carbonyl (C=O) groups excluding carboxylic acids is 1. The van der Waals surface area contributed by atoms with Gasteiger partial charge in [0.1, 0.15) is 45.6 Å². The molecule has 3 aromatic heterocycles. The Labute approximate surface area is 377 Å². The third-order valence-electron chi connectivity index (χ3n) is 11.4. The number of amides is 1. The number of hydrogen-bond acceptors (Lipinski definition) is 11. The summed E-state index contributed by atoms with van der Waals surface area (Å²) >= 11 is 6.53. The number of rotatable bonds is 12. The maximum atomic E-state index is 17.2. The molecule has 1 fully saturated rings. The zero-order chi connectivity index (χ0) is 46.9. The largest absolute Gasteiger partial charge is 0.497 e. The Bertz CT molecular complexity index is 2410. The second-order valence-corrected chi connectivity index (χ2v) is 23.6.